The Morgan fingerprint density at radius 1 is 1.47 bits per heavy atom. The number of hydrogen-bond acceptors (Lipinski definition) is 5. The first-order chi connectivity index (χ1) is 8.16. The Morgan fingerprint density at radius 2 is 2.29 bits per heavy atom. The molecule has 3 rings (SSSR count). The van der Waals surface area contributed by atoms with Gasteiger partial charge in [-0.3, -0.25) is 0 Å². The Bertz CT molecular complexity index is 546. The summed E-state index contributed by atoms with van der Waals surface area (Å²) in [4.78, 5) is 4.26. The van der Waals surface area contributed by atoms with Crippen molar-refractivity contribution in [1.29, 1.82) is 0 Å². The number of nitrogens with zero attached hydrogens (tertiary/aromatic N) is 1. The van der Waals surface area contributed by atoms with Crippen molar-refractivity contribution in [3.05, 3.63) is 18.2 Å². The normalized spacial score (nSPS) is 17.9. The van der Waals surface area contributed by atoms with Crippen LogP contribution in [0.1, 0.15) is 19.3 Å². The predicted octanol–water partition coefficient (Wildman–Crippen LogP) is 1.74. The second kappa shape index (κ2) is 3.63. The molecule has 0 aliphatic heterocycles. The number of oxazole rings is 1. The van der Waals surface area contributed by atoms with E-state index in [0.717, 1.165) is 19.3 Å². The first-order valence-electron chi connectivity index (χ1n) is 5.78. The van der Waals surface area contributed by atoms with E-state index in [1.807, 2.05) is 12.1 Å². The number of fused-ring (bicyclic) bond motifs is 1. The van der Waals surface area contributed by atoms with Gasteiger partial charge >= 0.3 is 0 Å². The van der Waals surface area contributed by atoms with Crippen LogP contribution in [0.15, 0.2) is 22.6 Å². The van der Waals surface area contributed by atoms with Crippen molar-refractivity contribution in [2.24, 2.45) is 0 Å². The van der Waals surface area contributed by atoms with Crippen LogP contribution in [-0.4, -0.2) is 22.2 Å². The summed E-state index contributed by atoms with van der Waals surface area (Å²) in [5.41, 5.74) is 7.12. The van der Waals surface area contributed by atoms with Crippen LogP contribution in [0.25, 0.3) is 11.1 Å². The van der Waals surface area contributed by atoms with Gasteiger partial charge in [-0.1, -0.05) is 6.07 Å². The number of hydrogen-bond donors (Lipinski definition) is 3. The Balaban J connectivity index is 1.79. The van der Waals surface area contributed by atoms with Crippen LogP contribution in [0, 0.1) is 0 Å². The van der Waals surface area contributed by atoms with Gasteiger partial charge in [0.1, 0.15) is 5.52 Å². The van der Waals surface area contributed by atoms with E-state index in [1.54, 1.807) is 6.07 Å². The van der Waals surface area contributed by atoms with Crippen molar-refractivity contribution in [2.75, 3.05) is 17.6 Å². The number of aromatic nitrogens is 1. The fourth-order valence-electron chi connectivity index (χ4n) is 2.05. The van der Waals surface area contributed by atoms with E-state index in [-0.39, 0.29) is 0 Å². The van der Waals surface area contributed by atoms with Gasteiger partial charge in [-0.25, -0.2) is 0 Å². The molecule has 4 N–H and O–H groups in total. The highest BCUT2D eigenvalue weighted by Gasteiger charge is 2.34. The SMILES string of the molecule is Nc1cccc2oc(NCC3(O)CCC3)nc12. The molecule has 0 spiro atoms. The fraction of sp³-hybridized carbons (Fsp3) is 0.417. The molecule has 1 aliphatic rings. The minimum absolute atomic E-state index is 0.415. The molecule has 5 nitrogen and oxygen atoms in total. The highest BCUT2D eigenvalue weighted by atomic mass is 16.4. The van der Waals surface area contributed by atoms with Gasteiger partial charge in [0.25, 0.3) is 6.01 Å². The topological polar surface area (TPSA) is 84.3 Å². The van der Waals surface area contributed by atoms with Crippen LogP contribution in [0.3, 0.4) is 0 Å². The number of rotatable bonds is 3. The summed E-state index contributed by atoms with van der Waals surface area (Å²) in [5, 5.41) is 13.0. The largest absolute Gasteiger partial charge is 0.423 e. The molecule has 0 radical (unpaired) electrons. The molecule has 5 heteroatoms. The second-order valence-electron chi connectivity index (χ2n) is 4.64. The van der Waals surface area contributed by atoms with Crippen LogP contribution in [0.2, 0.25) is 0 Å². The van der Waals surface area contributed by atoms with E-state index in [2.05, 4.69) is 10.3 Å². The lowest BCUT2D eigenvalue weighted by atomic mass is 9.80. The first-order valence-corrected chi connectivity index (χ1v) is 5.78. The van der Waals surface area contributed by atoms with E-state index in [9.17, 15) is 5.11 Å². The van der Waals surface area contributed by atoms with Gasteiger partial charge in [0.2, 0.25) is 0 Å². The van der Waals surface area contributed by atoms with Crippen LogP contribution >= 0.6 is 0 Å². The van der Waals surface area contributed by atoms with E-state index in [1.165, 1.54) is 0 Å². The van der Waals surface area contributed by atoms with Gasteiger partial charge in [0.15, 0.2) is 5.58 Å². The number of benzene rings is 1. The van der Waals surface area contributed by atoms with Crippen LogP contribution < -0.4 is 11.1 Å². The number of para-hydroxylation sites is 1. The molecule has 2 aromatic rings. The molecular formula is C12H15N3O2. The van der Waals surface area contributed by atoms with Crippen molar-refractivity contribution in [2.45, 2.75) is 24.9 Å². The minimum Gasteiger partial charge on any atom is -0.423 e. The Kier molecular flexibility index (Phi) is 2.22. The van der Waals surface area contributed by atoms with Gasteiger partial charge in [-0.05, 0) is 31.4 Å². The van der Waals surface area contributed by atoms with Crippen LogP contribution in [-0.2, 0) is 0 Å². The smallest absolute Gasteiger partial charge is 0.295 e. The van der Waals surface area contributed by atoms with Gasteiger partial charge in [0.05, 0.1) is 11.3 Å². The predicted molar refractivity (Wildman–Crippen MR) is 65.7 cm³/mol. The van der Waals surface area contributed by atoms with Gasteiger partial charge in [-0.2, -0.15) is 4.98 Å². The molecule has 1 aromatic carbocycles. The van der Waals surface area contributed by atoms with E-state index < -0.39 is 5.60 Å². The fourth-order valence-corrected chi connectivity index (χ4v) is 2.05. The third-order valence-electron chi connectivity index (χ3n) is 3.30. The van der Waals surface area contributed by atoms with Crippen molar-refractivity contribution in [1.82, 2.24) is 4.98 Å². The summed E-state index contributed by atoms with van der Waals surface area (Å²) in [6, 6.07) is 5.85. The summed E-state index contributed by atoms with van der Waals surface area (Å²) < 4.78 is 5.50. The Hall–Kier alpha value is -1.75. The van der Waals surface area contributed by atoms with Crippen molar-refractivity contribution in [3.63, 3.8) is 0 Å². The minimum atomic E-state index is -0.591. The van der Waals surface area contributed by atoms with Crippen molar-refractivity contribution in [3.8, 4) is 0 Å². The monoisotopic (exact) mass is 233 g/mol. The number of anilines is 2. The number of nitrogen functional groups attached to an aromatic ring is 1. The maximum atomic E-state index is 9.94. The molecule has 1 aliphatic carbocycles. The molecule has 1 fully saturated rings. The highest BCUT2D eigenvalue weighted by molar-refractivity contribution is 5.86. The zero-order valence-corrected chi connectivity index (χ0v) is 9.44. The maximum Gasteiger partial charge on any atom is 0.295 e. The van der Waals surface area contributed by atoms with Crippen molar-refractivity contribution < 1.29 is 9.52 Å². The summed E-state index contributed by atoms with van der Waals surface area (Å²) in [6.45, 7) is 0.472. The van der Waals surface area contributed by atoms with Gasteiger partial charge in [-0.15, -0.1) is 0 Å². The molecule has 1 aromatic heterocycles. The Morgan fingerprint density at radius 3 is 2.94 bits per heavy atom. The molecule has 1 heterocycles. The first kappa shape index (κ1) is 10.4. The summed E-state index contributed by atoms with van der Waals surface area (Å²) in [5.74, 6) is 0. The molecule has 0 bridgehead atoms. The standard InChI is InChI=1S/C12H15N3O2/c13-8-3-1-4-9-10(8)15-11(17-9)14-7-12(16)5-2-6-12/h1,3-4,16H,2,5-7,13H2,(H,14,15). The zero-order chi connectivity index (χ0) is 11.9. The molecule has 0 unspecified atom stereocenters. The number of nitrogens with two attached hydrogens (primary N) is 1. The lowest BCUT2D eigenvalue weighted by Crippen LogP contribution is -2.43. The van der Waals surface area contributed by atoms with E-state index in [4.69, 9.17) is 10.2 Å². The van der Waals surface area contributed by atoms with Gasteiger partial charge < -0.3 is 20.6 Å². The average molecular weight is 233 g/mol. The molecule has 17 heavy (non-hydrogen) atoms. The molecule has 1 saturated carbocycles. The third-order valence-corrected chi connectivity index (χ3v) is 3.30. The third kappa shape index (κ3) is 1.82. The maximum absolute atomic E-state index is 9.94. The van der Waals surface area contributed by atoms with E-state index >= 15 is 0 Å². The van der Waals surface area contributed by atoms with E-state index in [0.29, 0.717) is 29.3 Å². The average Bonchev–Trinajstić information content (AvgIpc) is 2.68. The quantitative estimate of drug-likeness (QED) is 0.703. The summed E-state index contributed by atoms with van der Waals surface area (Å²) in [7, 11) is 0. The van der Waals surface area contributed by atoms with Gasteiger partial charge in [0, 0.05) is 6.54 Å². The molecule has 0 atom stereocenters. The zero-order valence-electron chi connectivity index (χ0n) is 9.44. The summed E-state index contributed by atoms with van der Waals surface area (Å²) in [6.07, 6.45) is 2.75. The Labute approximate surface area is 98.6 Å². The van der Waals surface area contributed by atoms with Crippen LogP contribution in [0.4, 0.5) is 11.7 Å². The molecule has 0 saturated heterocycles. The number of nitrogens with one attached hydrogen (secondary N) is 1. The number of aliphatic hydroxyl groups is 1. The van der Waals surface area contributed by atoms with Crippen molar-refractivity contribution >= 4 is 22.8 Å². The highest BCUT2D eigenvalue weighted by Crippen LogP contribution is 2.32. The van der Waals surface area contributed by atoms with Crippen LogP contribution in [0.5, 0.6) is 0 Å². The molecule has 0 amide bonds. The lowest BCUT2D eigenvalue weighted by Gasteiger charge is -2.36. The molecular weight excluding hydrogens is 218 g/mol. The summed E-state index contributed by atoms with van der Waals surface area (Å²) >= 11 is 0. The second-order valence-corrected chi connectivity index (χ2v) is 4.64. The molecule has 90 valence electrons. The lowest BCUT2D eigenvalue weighted by molar-refractivity contribution is -0.0205.